The Morgan fingerprint density at radius 2 is 1.69 bits per heavy atom. The smallest absolute Gasteiger partial charge is 0.256 e. The first-order valence-electron chi connectivity index (χ1n) is 13.2. The Morgan fingerprint density at radius 1 is 0.974 bits per heavy atom. The van der Waals surface area contributed by atoms with E-state index in [9.17, 15) is 9.59 Å². The maximum atomic E-state index is 13.1. The fraction of sp³-hybridized carbons (Fsp3) is 0.357. The van der Waals surface area contributed by atoms with Gasteiger partial charge in [0.2, 0.25) is 11.9 Å². The topological polar surface area (TPSA) is 118 Å². The highest BCUT2D eigenvalue weighted by atomic mass is 16.5. The Kier molecular flexibility index (Phi) is 6.89. The maximum Gasteiger partial charge on any atom is 0.256 e. The molecule has 11 heteroatoms. The lowest BCUT2D eigenvalue weighted by Crippen LogP contribution is -2.47. The van der Waals surface area contributed by atoms with Crippen molar-refractivity contribution in [1.82, 2.24) is 29.8 Å². The van der Waals surface area contributed by atoms with Gasteiger partial charge in [-0.3, -0.25) is 14.2 Å². The summed E-state index contributed by atoms with van der Waals surface area (Å²) in [5.41, 5.74) is 2.29. The van der Waals surface area contributed by atoms with E-state index in [2.05, 4.69) is 25.1 Å². The molecule has 0 radical (unpaired) electrons. The first-order chi connectivity index (χ1) is 19.1. The number of ether oxygens (including phenoxy) is 1. The molecule has 6 rings (SSSR count). The highest BCUT2D eigenvalue weighted by molar-refractivity contribution is 5.94. The summed E-state index contributed by atoms with van der Waals surface area (Å²) in [6.07, 6.45) is 5.55. The summed E-state index contributed by atoms with van der Waals surface area (Å²) in [7, 11) is 0. The highest BCUT2D eigenvalue weighted by Crippen LogP contribution is 2.22. The van der Waals surface area contributed by atoms with Crippen LogP contribution >= 0.6 is 0 Å². The number of anilines is 2. The molecule has 2 fully saturated rings. The van der Waals surface area contributed by atoms with Crippen LogP contribution in [0, 0.1) is 6.92 Å². The van der Waals surface area contributed by atoms with E-state index in [1.807, 2.05) is 6.92 Å². The van der Waals surface area contributed by atoms with Gasteiger partial charge >= 0.3 is 0 Å². The lowest BCUT2D eigenvalue weighted by Gasteiger charge is -2.34. The minimum atomic E-state index is -0.201. The van der Waals surface area contributed by atoms with Crippen molar-refractivity contribution in [3.05, 3.63) is 76.5 Å². The van der Waals surface area contributed by atoms with Gasteiger partial charge in [0.15, 0.2) is 5.65 Å². The van der Waals surface area contributed by atoms with Gasteiger partial charge in [-0.1, -0.05) is 0 Å². The number of aryl methyl sites for hydroxylation is 1. The molecule has 39 heavy (non-hydrogen) atoms. The molecular formula is C28H30N8O3. The van der Waals surface area contributed by atoms with Crippen molar-refractivity contribution in [3.8, 4) is 5.69 Å². The van der Waals surface area contributed by atoms with Crippen LogP contribution in [0.4, 0.5) is 11.9 Å². The van der Waals surface area contributed by atoms with Gasteiger partial charge in [0, 0.05) is 68.7 Å². The summed E-state index contributed by atoms with van der Waals surface area (Å²) in [4.78, 5) is 48.3. The summed E-state index contributed by atoms with van der Waals surface area (Å²) in [6, 6.07) is 12.1. The summed E-state index contributed by atoms with van der Waals surface area (Å²) in [6.45, 7) is 6.06. The maximum absolute atomic E-state index is 13.1. The minimum absolute atomic E-state index is 0.0780. The van der Waals surface area contributed by atoms with Crippen LogP contribution in [0.5, 0.6) is 0 Å². The summed E-state index contributed by atoms with van der Waals surface area (Å²) < 4.78 is 7.16. The zero-order chi connectivity index (χ0) is 26.8. The first kappa shape index (κ1) is 24.9. The second-order valence-electron chi connectivity index (χ2n) is 9.77. The molecule has 1 unspecified atom stereocenters. The van der Waals surface area contributed by atoms with Gasteiger partial charge in [0.05, 0.1) is 17.5 Å². The van der Waals surface area contributed by atoms with Crippen LogP contribution in [0.3, 0.4) is 0 Å². The summed E-state index contributed by atoms with van der Waals surface area (Å²) in [5.74, 6) is 1.13. The number of benzene rings is 1. The SMILES string of the molecule is Cc1nc(N2CCN(c3ncccn3)CC2)nc2c1ccc(=O)n2-c1ccc(C(=O)NCC2CCCO2)cc1. The van der Waals surface area contributed by atoms with E-state index in [1.54, 1.807) is 53.4 Å². The van der Waals surface area contributed by atoms with Crippen molar-refractivity contribution < 1.29 is 9.53 Å². The van der Waals surface area contributed by atoms with Crippen LogP contribution in [-0.4, -0.2) is 75.8 Å². The number of pyridine rings is 1. The summed E-state index contributed by atoms with van der Waals surface area (Å²) in [5, 5.41) is 3.74. The zero-order valence-corrected chi connectivity index (χ0v) is 21.8. The molecule has 0 saturated carbocycles. The average Bonchev–Trinajstić information content (AvgIpc) is 3.50. The number of nitrogens with one attached hydrogen (secondary N) is 1. The summed E-state index contributed by atoms with van der Waals surface area (Å²) >= 11 is 0. The normalized spacial score (nSPS) is 17.5. The first-order valence-corrected chi connectivity index (χ1v) is 13.2. The second-order valence-corrected chi connectivity index (χ2v) is 9.77. The molecular weight excluding hydrogens is 496 g/mol. The Morgan fingerprint density at radius 3 is 2.38 bits per heavy atom. The fourth-order valence-corrected chi connectivity index (χ4v) is 5.08. The van der Waals surface area contributed by atoms with E-state index >= 15 is 0 Å². The molecule has 1 N–H and O–H groups in total. The van der Waals surface area contributed by atoms with E-state index in [-0.39, 0.29) is 17.6 Å². The number of fused-ring (bicyclic) bond motifs is 1. The Bertz CT molecular complexity index is 1530. The molecule has 3 aromatic heterocycles. The van der Waals surface area contributed by atoms with Crippen molar-refractivity contribution in [1.29, 1.82) is 0 Å². The standard InChI is InChI=1S/C28H30N8O3/c1-19-23-9-10-24(37)36(21-7-5-20(6-8-21)26(38)31-18-22-4-2-17-39-22)25(23)33-28(32-19)35-15-13-34(14-16-35)27-29-11-3-12-30-27/h3,5-12,22H,2,4,13-18H2,1H3,(H,31,38). The number of hydrogen-bond donors (Lipinski definition) is 1. The number of aromatic nitrogens is 5. The number of rotatable bonds is 6. The van der Waals surface area contributed by atoms with Crippen molar-refractivity contribution in [3.63, 3.8) is 0 Å². The molecule has 4 aromatic rings. The molecule has 1 amide bonds. The zero-order valence-electron chi connectivity index (χ0n) is 21.8. The van der Waals surface area contributed by atoms with Gasteiger partial charge in [-0.15, -0.1) is 0 Å². The predicted octanol–water partition coefficient (Wildman–Crippen LogP) is 2.11. The third kappa shape index (κ3) is 5.17. The number of amides is 1. The van der Waals surface area contributed by atoms with E-state index in [4.69, 9.17) is 14.7 Å². The Labute approximate surface area is 225 Å². The largest absolute Gasteiger partial charge is 0.376 e. The lowest BCUT2D eigenvalue weighted by molar-refractivity contribution is 0.0858. The third-order valence-electron chi connectivity index (χ3n) is 7.23. The van der Waals surface area contributed by atoms with Crippen molar-refractivity contribution in [2.75, 3.05) is 49.1 Å². The minimum Gasteiger partial charge on any atom is -0.376 e. The van der Waals surface area contributed by atoms with Crippen molar-refractivity contribution >= 4 is 28.8 Å². The highest BCUT2D eigenvalue weighted by Gasteiger charge is 2.22. The molecule has 11 nitrogen and oxygen atoms in total. The molecule has 0 aliphatic carbocycles. The van der Waals surface area contributed by atoms with Crippen molar-refractivity contribution in [2.45, 2.75) is 25.9 Å². The Hall–Kier alpha value is -4.38. The van der Waals surface area contributed by atoms with Crippen LogP contribution in [-0.2, 0) is 4.74 Å². The molecule has 2 saturated heterocycles. The van der Waals surface area contributed by atoms with Crippen LogP contribution in [0.25, 0.3) is 16.7 Å². The Balaban J connectivity index is 1.25. The van der Waals surface area contributed by atoms with Gasteiger partial charge < -0.3 is 19.9 Å². The van der Waals surface area contributed by atoms with Gasteiger partial charge in [-0.05, 0) is 56.2 Å². The van der Waals surface area contributed by atoms with Gasteiger partial charge in [-0.25, -0.2) is 15.0 Å². The second kappa shape index (κ2) is 10.8. The molecule has 2 aliphatic rings. The van der Waals surface area contributed by atoms with E-state index in [0.717, 1.165) is 43.6 Å². The van der Waals surface area contributed by atoms with Crippen molar-refractivity contribution in [2.24, 2.45) is 0 Å². The number of carbonyl (C=O) groups is 1. The molecule has 5 heterocycles. The molecule has 0 spiro atoms. The predicted molar refractivity (Wildman–Crippen MR) is 148 cm³/mol. The molecule has 1 aromatic carbocycles. The average molecular weight is 527 g/mol. The van der Waals surface area contributed by atoms with E-state index in [1.165, 1.54) is 6.07 Å². The number of carbonyl (C=O) groups excluding carboxylic acids is 1. The quantitative estimate of drug-likeness (QED) is 0.403. The van der Waals surface area contributed by atoms with Gasteiger partial charge in [0.1, 0.15) is 0 Å². The van der Waals surface area contributed by atoms with Crippen LogP contribution in [0.15, 0.2) is 59.7 Å². The molecule has 2 aliphatic heterocycles. The number of hydrogen-bond acceptors (Lipinski definition) is 9. The third-order valence-corrected chi connectivity index (χ3v) is 7.23. The molecule has 0 bridgehead atoms. The van der Waals surface area contributed by atoms with Crippen LogP contribution in [0.1, 0.15) is 28.9 Å². The monoisotopic (exact) mass is 526 g/mol. The van der Waals surface area contributed by atoms with Gasteiger partial charge in [0.25, 0.3) is 11.5 Å². The lowest BCUT2D eigenvalue weighted by atomic mass is 10.1. The van der Waals surface area contributed by atoms with E-state index < -0.39 is 0 Å². The van der Waals surface area contributed by atoms with Gasteiger partial charge in [-0.2, -0.15) is 4.98 Å². The number of nitrogens with zero attached hydrogens (tertiary/aromatic N) is 7. The van der Waals surface area contributed by atoms with E-state index in [0.29, 0.717) is 48.4 Å². The van der Waals surface area contributed by atoms with Crippen LogP contribution in [0.2, 0.25) is 0 Å². The van der Waals surface area contributed by atoms with Crippen LogP contribution < -0.4 is 20.7 Å². The fourth-order valence-electron chi connectivity index (χ4n) is 5.08. The molecule has 200 valence electrons. The number of piperazine rings is 1. The molecule has 1 atom stereocenters.